The lowest BCUT2D eigenvalue weighted by atomic mass is 9.99. The van der Waals surface area contributed by atoms with Gasteiger partial charge < -0.3 is 15.5 Å². The van der Waals surface area contributed by atoms with Crippen LogP contribution in [0.15, 0.2) is 0 Å². The van der Waals surface area contributed by atoms with Crippen molar-refractivity contribution in [2.24, 2.45) is 0 Å². The molecule has 1 fully saturated rings. The highest BCUT2D eigenvalue weighted by molar-refractivity contribution is 4.91. The van der Waals surface area contributed by atoms with Crippen molar-refractivity contribution in [1.82, 2.24) is 5.32 Å². The number of hydrogen-bond donors (Lipinski definition) is 3. The highest BCUT2D eigenvalue weighted by Crippen LogP contribution is 2.06. The van der Waals surface area contributed by atoms with Gasteiger partial charge in [-0.1, -0.05) is 0 Å². The number of β-amino-alcohol motifs (C(OH)–C–C–N with tert-alkyl or cyclic N) is 1. The third-order valence-electron chi connectivity index (χ3n) is 1.20. The van der Waals surface area contributed by atoms with Gasteiger partial charge in [-0.15, -0.1) is 0 Å². The van der Waals surface area contributed by atoms with Crippen LogP contribution in [0.2, 0.25) is 0 Å². The summed E-state index contributed by atoms with van der Waals surface area (Å²) in [6.07, 6.45) is 0. The second-order valence-electron chi connectivity index (χ2n) is 1.99. The molecule has 3 N–H and O–H groups in total. The molecule has 0 bridgehead atoms. The molecule has 1 rings (SSSR count). The summed E-state index contributed by atoms with van der Waals surface area (Å²) in [5.74, 6) is 0. The van der Waals surface area contributed by atoms with Crippen LogP contribution in [0.4, 0.5) is 0 Å². The van der Waals surface area contributed by atoms with Crippen molar-refractivity contribution in [3.05, 3.63) is 0 Å². The van der Waals surface area contributed by atoms with E-state index in [1.54, 1.807) is 0 Å². The summed E-state index contributed by atoms with van der Waals surface area (Å²) >= 11 is 0. The maximum absolute atomic E-state index is 8.91. The smallest absolute Gasteiger partial charge is 0.112 e. The lowest BCUT2D eigenvalue weighted by molar-refractivity contribution is -0.0534. The molecule has 0 saturated carbocycles. The van der Waals surface area contributed by atoms with Gasteiger partial charge in [-0.3, -0.25) is 0 Å². The van der Waals surface area contributed by atoms with Gasteiger partial charge in [0.05, 0.1) is 6.61 Å². The monoisotopic (exact) mass is 103 g/mol. The number of nitrogens with one attached hydrogen (secondary N) is 1. The highest BCUT2D eigenvalue weighted by atomic mass is 16.3. The topological polar surface area (TPSA) is 52.5 Å². The molecule has 0 aromatic carbocycles. The molecule has 1 heterocycles. The van der Waals surface area contributed by atoms with E-state index in [0.717, 1.165) is 0 Å². The van der Waals surface area contributed by atoms with Crippen LogP contribution in [0, 0.1) is 0 Å². The summed E-state index contributed by atoms with van der Waals surface area (Å²) in [5, 5.41) is 20.1. The van der Waals surface area contributed by atoms with Crippen molar-refractivity contribution in [1.29, 1.82) is 0 Å². The lowest BCUT2D eigenvalue weighted by Crippen LogP contribution is -2.61. The predicted octanol–water partition coefficient (Wildman–Crippen LogP) is -1.69. The first-order valence-corrected chi connectivity index (χ1v) is 2.31. The van der Waals surface area contributed by atoms with Crippen molar-refractivity contribution in [2.75, 3.05) is 19.7 Å². The van der Waals surface area contributed by atoms with Gasteiger partial charge in [0.2, 0.25) is 0 Å². The van der Waals surface area contributed by atoms with Crippen LogP contribution in [0.5, 0.6) is 0 Å². The van der Waals surface area contributed by atoms with Crippen molar-refractivity contribution in [3.63, 3.8) is 0 Å². The summed E-state index contributed by atoms with van der Waals surface area (Å²) in [7, 11) is 0. The van der Waals surface area contributed by atoms with Crippen molar-refractivity contribution in [2.45, 2.75) is 5.60 Å². The fourth-order valence-corrected chi connectivity index (χ4v) is 0.525. The molecule has 0 unspecified atom stereocenters. The van der Waals surface area contributed by atoms with Crippen molar-refractivity contribution in [3.8, 4) is 0 Å². The molecule has 3 nitrogen and oxygen atoms in total. The number of rotatable bonds is 1. The lowest BCUT2D eigenvalue weighted by Gasteiger charge is -2.35. The second-order valence-corrected chi connectivity index (χ2v) is 1.99. The second kappa shape index (κ2) is 1.43. The molecule has 0 radical (unpaired) electrons. The van der Waals surface area contributed by atoms with Gasteiger partial charge in [-0.25, -0.2) is 0 Å². The standard InChI is InChI=1S/C4H9NO2/c6-3-4(7)1-5-2-4/h5-7H,1-3H2. The molecule has 0 atom stereocenters. The van der Waals surface area contributed by atoms with Crippen molar-refractivity contribution < 1.29 is 10.2 Å². The first-order valence-electron chi connectivity index (χ1n) is 2.31. The molecule has 0 amide bonds. The maximum Gasteiger partial charge on any atom is 0.112 e. The van der Waals surface area contributed by atoms with E-state index in [0.29, 0.717) is 13.1 Å². The highest BCUT2D eigenvalue weighted by Gasteiger charge is 2.32. The summed E-state index contributed by atoms with van der Waals surface area (Å²) in [4.78, 5) is 0. The first-order chi connectivity index (χ1) is 3.27. The van der Waals surface area contributed by atoms with Gasteiger partial charge in [-0.2, -0.15) is 0 Å². The molecular weight excluding hydrogens is 94.0 g/mol. The molecule has 0 aliphatic carbocycles. The van der Waals surface area contributed by atoms with Gasteiger partial charge in [0.1, 0.15) is 5.60 Å². The fourth-order valence-electron chi connectivity index (χ4n) is 0.525. The number of aliphatic hydroxyl groups excluding tert-OH is 1. The van der Waals surface area contributed by atoms with Gasteiger partial charge in [0, 0.05) is 13.1 Å². The number of hydrogen-bond acceptors (Lipinski definition) is 3. The molecule has 1 saturated heterocycles. The molecule has 0 aromatic heterocycles. The van der Waals surface area contributed by atoms with E-state index in [4.69, 9.17) is 10.2 Å². The maximum atomic E-state index is 8.91. The Labute approximate surface area is 42.0 Å². The number of aliphatic hydroxyl groups is 2. The van der Waals surface area contributed by atoms with Gasteiger partial charge in [-0.05, 0) is 0 Å². The van der Waals surface area contributed by atoms with Crippen LogP contribution in [-0.2, 0) is 0 Å². The van der Waals surface area contributed by atoms with E-state index < -0.39 is 5.60 Å². The molecule has 1 aliphatic heterocycles. The molecule has 0 aromatic rings. The Morgan fingerprint density at radius 1 is 1.57 bits per heavy atom. The van der Waals surface area contributed by atoms with Crippen LogP contribution < -0.4 is 5.32 Å². The zero-order chi connectivity index (χ0) is 5.33. The third-order valence-corrected chi connectivity index (χ3v) is 1.20. The van der Waals surface area contributed by atoms with Crippen LogP contribution in [-0.4, -0.2) is 35.5 Å². The largest absolute Gasteiger partial charge is 0.393 e. The summed E-state index contributed by atoms with van der Waals surface area (Å²) in [6.45, 7) is 0.938. The van der Waals surface area contributed by atoms with Gasteiger partial charge in [0.15, 0.2) is 0 Å². The van der Waals surface area contributed by atoms with Crippen LogP contribution >= 0.6 is 0 Å². The van der Waals surface area contributed by atoms with Crippen LogP contribution in [0.3, 0.4) is 0 Å². The Kier molecular flexibility index (Phi) is 1.03. The third kappa shape index (κ3) is 0.748. The molecule has 0 spiro atoms. The van der Waals surface area contributed by atoms with E-state index >= 15 is 0 Å². The Morgan fingerprint density at radius 2 is 2.14 bits per heavy atom. The van der Waals surface area contributed by atoms with Crippen LogP contribution in [0.1, 0.15) is 0 Å². The fraction of sp³-hybridized carbons (Fsp3) is 1.00. The predicted molar refractivity (Wildman–Crippen MR) is 24.9 cm³/mol. The summed E-state index contributed by atoms with van der Waals surface area (Å²) < 4.78 is 0. The van der Waals surface area contributed by atoms with E-state index in [1.807, 2.05) is 0 Å². The molecule has 3 heteroatoms. The van der Waals surface area contributed by atoms with Crippen LogP contribution in [0.25, 0.3) is 0 Å². The summed E-state index contributed by atoms with van der Waals surface area (Å²) in [6, 6.07) is 0. The minimum absolute atomic E-state index is 0.125. The zero-order valence-electron chi connectivity index (χ0n) is 4.02. The Bertz CT molecular complexity index is 64.6. The zero-order valence-corrected chi connectivity index (χ0v) is 4.02. The SMILES string of the molecule is OCC1(O)CNC1. The molecule has 42 valence electrons. The molecule has 7 heavy (non-hydrogen) atoms. The normalized spacial score (nSPS) is 26.6. The van der Waals surface area contributed by atoms with E-state index in [1.165, 1.54) is 0 Å². The Balaban J connectivity index is 2.29. The Morgan fingerprint density at radius 3 is 2.14 bits per heavy atom. The van der Waals surface area contributed by atoms with E-state index in [2.05, 4.69) is 5.32 Å². The van der Waals surface area contributed by atoms with Gasteiger partial charge in [0.25, 0.3) is 0 Å². The first kappa shape index (κ1) is 5.03. The Hall–Kier alpha value is -0.120. The van der Waals surface area contributed by atoms with Crippen molar-refractivity contribution >= 4 is 0 Å². The average molecular weight is 103 g/mol. The minimum Gasteiger partial charge on any atom is -0.393 e. The minimum atomic E-state index is -0.792. The van der Waals surface area contributed by atoms with Gasteiger partial charge >= 0.3 is 0 Å². The molecule has 1 aliphatic rings. The quantitative estimate of drug-likeness (QED) is 0.371. The van der Waals surface area contributed by atoms with E-state index in [9.17, 15) is 0 Å². The molecular formula is C4H9NO2. The van der Waals surface area contributed by atoms with E-state index in [-0.39, 0.29) is 6.61 Å². The summed E-state index contributed by atoms with van der Waals surface area (Å²) in [5.41, 5.74) is -0.792. The average Bonchev–Trinajstić information content (AvgIpc) is 1.61.